The van der Waals surface area contributed by atoms with E-state index in [2.05, 4.69) is 13.8 Å². The minimum absolute atomic E-state index is 0.677. The maximum absolute atomic E-state index is 4.96. The fraction of sp³-hybridized carbons (Fsp3) is 0.923. The van der Waals surface area contributed by atoms with Crippen molar-refractivity contribution in [2.24, 2.45) is 16.8 Å². The molecule has 80 valence electrons. The molecule has 0 aromatic rings. The van der Waals surface area contributed by atoms with Gasteiger partial charge in [-0.2, -0.15) is 0 Å². The molecule has 3 atom stereocenters. The second-order valence-electron chi connectivity index (χ2n) is 5.12. The number of rotatable bonds is 2. The van der Waals surface area contributed by atoms with E-state index in [1.54, 1.807) is 5.71 Å². The van der Waals surface area contributed by atoms with Gasteiger partial charge in [0, 0.05) is 11.8 Å². The maximum Gasteiger partial charge on any atom is 0.0499 e. The molecular formula is C13H23N. The molecule has 2 aliphatic rings. The van der Waals surface area contributed by atoms with Crippen molar-refractivity contribution in [2.45, 2.75) is 64.8 Å². The van der Waals surface area contributed by atoms with Crippen LogP contribution in [0.4, 0.5) is 0 Å². The molecule has 0 bridgehead atoms. The Morgan fingerprint density at radius 2 is 2.14 bits per heavy atom. The summed E-state index contributed by atoms with van der Waals surface area (Å²) in [4.78, 5) is 4.96. The van der Waals surface area contributed by atoms with Crippen molar-refractivity contribution in [3.8, 4) is 0 Å². The average molecular weight is 193 g/mol. The fourth-order valence-corrected chi connectivity index (χ4v) is 3.14. The predicted octanol–water partition coefficient (Wildman–Crippen LogP) is 3.83. The molecule has 0 spiro atoms. The van der Waals surface area contributed by atoms with E-state index in [4.69, 9.17) is 4.99 Å². The molecule has 0 aromatic heterocycles. The van der Waals surface area contributed by atoms with Crippen LogP contribution in [0.1, 0.15) is 58.8 Å². The molecule has 2 rings (SSSR count). The monoisotopic (exact) mass is 193 g/mol. The lowest BCUT2D eigenvalue weighted by molar-refractivity contribution is 0.325. The third-order valence-corrected chi connectivity index (χ3v) is 3.99. The van der Waals surface area contributed by atoms with E-state index in [1.165, 1.54) is 44.9 Å². The van der Waals surface area contributed by atoms with Crippen LogP contribution in [0.15, 0.2) is 4.99 Å². The quantitative estimate of drug-likeness (QED) is 0.632. The van der Waals surface area contributed by atoms with E-state index in [-0.39, 0.29) is 0 Å². The van der Waals surface area contributed by atoms with Crippen LogP contribution in [-0.2, 0) is 0 Å². The summed E-state index contributed by atoms with van der Waals surface area (Å²) in [6.45, 7) is 4.69. The van der Waals surface area contributed by atoms with Gasteiger partial charge >= 0.3 is 0 Å². The van der Waals surface area contributed by atoms with Gasteiger partial charge in [-0.3, -0.25) is 4.99 Å². The number of hydrogen-bond donors (Lipinski definition) is 0. The first-order valence-corrected chi connectivity index (χ1v) is 6.37. The van der Waals surface area contributed by atoms with Gasteiger partial charge in [0.05, 0.1) is 0 Å². The van der Waals surface area contributed by atoms with Crippen molar-refractivity contribution in [1.29, 1.82) is 0 Å². The van der Waals surface area contributed by atoms with Crippen molar-refractivity contribution in [3.63, 3.8) is 0 Å². The standard InChI is InChI=1S/C13H23N/c1-3-5-11-8-9-12-10(2)6-4-7-13(12)14-11/h10-12H,3-9H2,1-2H3/t10-,11+,12+/m1/s1. The lowest BCUT2D eigenvalue weighted by Crippen LogP contribution is -2.32. The van der Waals surface area contributed by atoms with Crippen LogP contribution >= 0.6 is 0 Å². The van der Waals surface area contributed by atoms with Crippen molar-refractivity contribution in [2.75, 3.05) is 0 Å². The molecular weight excluding hydrogens is 170 g/mol. The Bertz CT molecular complexity index is 219. The molecule has 1 heteroatoms. The van der Waals surface area contributed by atoms with Crippen molar-refractivity contribution in [1.82, 2.24) is 0 Å². The number of aliphatic imine (C=N–C) groups is 1. The Kier molecular flexibility index (Phi) is 3.25. The van der Waals surface area contributed by atoms with Gasteiger partial charge < -0.3 is 0 Å². The molecule has 1 saturated carbocycles. The maximum atomic E-state index is 4.96. The topological polar surface area (TPSA) is 12.4 Å². The van der Waals surface area contributed by atoms with Gasteiger partial charge in [0.25, 0.3) is 0 Å². The van der Waals surface area contributed by atoms with Gasteiger partial charge in [-0.05, 0) is 50.4 Å². The summed E-state index contributed by atoms with van der Waals surface area (Å²) in [7, 11) is 0. The van der Waals surface area contributed by atoms with E-state index in [0.717, 1.165) is 11.8 Å². The van der Waals surface area contributed by atoms with Gasteiger partial charge in [0.2, 0.25) is 0 Å². The second-order valence-corrected chi connectivity index (χ2v) is 5.12. The predicted molar refractivity (Wildman–Crippen MR) is 61.9 cm³/mol. The SMILES string of the molecule is CCC[C@H]1CC[C@@H]2C(=N1)CCC[C@H]2C. The molecule has 1 aliphatic carbocycles. The molecule has 0 amide bonds. The van der Waals surface area contributed by atoms with E-state index in [1.807, 2.05) is 0 Å². The molecule has 1 nitrogen and oxygen atoms in total. The van der Waals surface area contributed by atoms with Gasteiger partial charge in [0.1, 0.15) is 0 Å². The minimum atomic E-state index is 0.677. The molecule has 0 N–H and O–H groups in total. The molecule has 14 heavy (non-hydrogen) atoms. The first-order chi connectivity index (χ1) is 6.81. The zero-order valence-corrected chi connectivity index (χ0v) is 9.63. The molecule has 0 saturated heterocycles. The Hall–Kier alpha value is -0.330. The lowest BCUT2D eigenvalue weighted by atomic mass is 9.74. The smallest absolute Gasteiger partial charge is 0.0499 e. The molecule has 0 unspecified atom stereocenters. The fourth-order valence-electron chi connectivity index (χ4n) is 3.14. The molecule has 1 heterocycles. The highest BCUT2D eigenvalue weighted by Crippen LogP contribution is 2.35. The zero-order chi connectivity index (χ0) is 9.97. The highest BCUT2D eigenvalue weighted by molar-refractivity contribution is 5.88. The van der Waals surface area contributed by atoms with E-state index in [9.17, 15) is 0 Å². The van der Waals surface area contributed by atoms with Crippen LogP contribution in [-0.4, -0.2) is 11.8 Å². The summed E-state index contributed by atoms with van der Waals surface area (Å²) >= 11 is 0. The van der Waals surface area contributed by atoms with Crippen molar-refractivity contribution in [3.05, 3.63) is 0 Å². The van der Waals surface area contributed by atoms with Gasteiger partial charge in [0.15, 0.2) is 0 Å². The van der Waals surface area contributed by atoms with Crippen LogP contribution in [0, 0.1) is 11.8 Å². The van der Waals surface area contributed by atoms with Crippen LogP contribution < -0.4 is 0 Å². The van der Waals surface area contributed by atoms with Crippen LogP contribution in [0.3, 0.4) is 0 Å². The van der Waals surface area contributed by atoms with Gasteiger partial charge in [-0.15, -0.1) is 0 Å². The summed E-state index contributed by atoms with van der Waals surface area (Å²) < 4.78 is 0. The number of hydrogen-bond acceptors (Lipinski definition) is 1. The Morgan fingerprint density at radius 3 is 2.93 bits per heavy atom. The normalized spacial score (nSPS) is 37.6. The first kappa shape index (κ1) is 10.2. The average Bonchev–Trinajstić information content (AvgIpc) is 2.18. The zero-order valence-electron chi connectivity index (χ0n) is 9.63. The highest BCUT2D eigenvalue weighted by Gasteiger charge is 2.30. The summed E-state index contributed by atoms with van der Waals surface area (Å²) in [5.74, 6) is 1.77. The number of nitrogens with zero attached hydrogens (tertiary/aromatic N) is 1. The third-order valence-electron chi connectivity index (χ3n) is 3.99. The highest BCUT2D eigenvalue weighted by atomic mass is 14.8. The van der Waals surface area contributed by atoms with E-state index >= 15 is 0 Å². The van der Waals surface area contributed by atoms with Crippen molar-refractivity contribution < 1.29 is 0 Å². The van der Waals surface area contributed by atoms with Gasteiger partial charge in [-0.1, -0.05) is 20.3 Å². The van der Waals surface area contributed by atoms with Crippen LogP contribution in [0.5, 0.6) is 0 Å². The summed E-state index contributed by atoms with van der Waals surface area (Å²) in [5, 5.41) is 0. The minimum Gasteiger partial charge on any atom is -0.291 e. The molecule has 0 radical (unpaired) electrons. The largest absolute Gasteiger partial charge is 0.291 e. The van der Waals surface area contributed by atoms with Crippen LogP contribution in [0.25, 0.3) is 0 Å². The number of fused-ring (bicyclic) bond motifs is 1. The van der Waals surface area contributed by atoms with Crippen LogP contribution in [0.2, 0.25) is 0 Å². The van der Waals surface area contributed by atoms with E-state index < -0.39 is 0 Å². The molecule has 1 aliphatic heterocycles. The Morgan fingerprint density at radius 1 is 1.29 bits per heavy atom. The van der Waals surface area contributed by atoms with Crippen molar-refractivity contribution >= 4 is 5.71 Å². The molecule has 0 aromatic carbocycles. The molecule has 1 fully saturated rings. The lowest BCUT2D eigenvalue weighted by Gasteiger charge is -2.35. The Labute approximate surface area is 88.0 Å². The van der Waals surface area contributed by atoms with Gasteiger partial charge in [-0.25, -0.2) is 0 Å². The summed E-state index contributed by atoms with van der Waals surface area (Å²) in [6.07, 6.45) is 9.50. The Balaban J connectivity index is 2.04. The second kappa shape index (κ2) is 4.46. The third kappa shape index (κ3) is 2.02. The summed E-state index contributed by atoms with van der Waals surface area (Å²) in [5.41, 5.74) is 1.58. The van der Waals surface area contributed by atoms with E-state index in [0.29, 0.717) is 6.04 Å². The summed E-state index contributed by atoms with van der Waals surface area (Å²) in [6, 6.07) is 0.677. The first-order valence-electron chi connectivity index (χ1n) is 6.37.